The van der Waals surface area contributed by atoms with Crippen molar-refractivity contribution in [1.29, 1.82) is 0 Å². The van der Waals surface area contributed by atoms with Crippen LogP contribution in [-0.4, -0.2) is 16.8 Å². The third-order valence-electron chi connectivity index (χ3n) is 2.83. The lowest BCUT2D eigenvalue weighted by Crippen LogP contribution is -2.35. The molecule has 0 saturated heterocycles. The van der Waals surface area contributed by atoms with Crippen molar-refractivity contribution in [2.45, 2.75) is 12.5 Å². The van der Waals surface area contributed by atoms with Crippen LogP contribution in [0.3, 0.4) is 0 Å². The minimum atomic E-state index is -0.371. The monoisotopic (exact) mass is 186 g/mol. The number of nitrogens with one attached hydrogen (secondary N) is 1. The summed E-state index contributed by atoms with van der Waals surface area (Å²) in [6.45, 7) is 0. The van der Waals surface area contributed by atoms with Crippen LogP contribution < -0.4 is 5.73 Å². The summed E-state index contributed by atoms with van der Waals surface area (Å²) < 4.78 is 0. The van der Waals surface area contributed by atoms with Crippen LogP contribution in [0.15, 0.2) is 24.4 Å². The quantitative estimate of drug-likeness (QED) is 0.650. The molecule has 2 aromatic rings. The van der Waals surface area contributed by atoms with Gasteiger partial charge in [0, 0.05) is 22.7 Å². The molecular formula is C11H10N2O. The Morgan fingerprint density at radius 1 is 1.43 bits per heavy atom. The first-order valence-electron chi connectivity index (χ1n) is 4.66. The maximum Gasteiger partial charge on any atom is 0.180 e. The number of ketones is 1. The van der Waals surface area contributed by atoms with Gasteiger partial charge in [-0.15, -0.1) is 0 Å². The van der Waals surface area contributed by atoms with E-state index in [1.165, 1.54) is 0 Å². The van der Waals surface area contributed by atoms with E-state index >= 15 is 0 Å². The number of Topliss-reactive ketones (excluding diaryl/α,β-unsaturated/α-hetero) is 1. The molecule has 1 heterocycles. The molecule has 3 heteroatoms. The highest BCUT2D eigenvalue weighted by Crippen LogP contribution is 2.28. The lowest BCUT2D eigenvalue weighted by Gasteiger charge is -2.17. The van der Waals surface area contributed by atoms with Gasteiger partial charge >= 0.3 is 0 Å². The normalized spacial score (nSPS) is 20.4. The minimum absolute atomic E-state index is 0.0581. The maximum absolute atomic E-state index is 11.8. The van der Waals surface area contributed by atoms with Gasteiger partial charge in [-0.1, -0.05) is 12.1 Å². The molecule has 3 nitrogen and oxygen atoms in total. The van der Waals surface area contributed by atoms with Crippen LogP contribution in [0.1, 0.15) is 15.9 Å². The van der Waals surface area contributed by atoms with Crippen molar-refractivity contribution in [3.8, 4) is 0 Å². The maximum atomic E-state index is 11.8. The van der Waals surface area contributed by atoms with E-state index in [1.807, 2.05) is 24.4 Å². The molecule has 1 unspecified atom stereocenters. The van der Waals surface area contributed by atoms with E-state index in [9.17, 15) is 4.79 Å². The summed E-state index contributed by atoms with van der Waals surface area (Å²) in [5.41, 5.74) is 8.71. The Labute approximate surface area is 80.9 Å². The van der Waals surface area contributed by atoms with Gasteiger partial charge in [-0.2, -0.15) is 0 Å². The standard InChI is InChI=1S/C11H10N2O/c12-8-4-6-5-13-9-3-1-2-7(10(6)9)11(8)14/h1-3,5,8,13H,4,12H2. The number of benzene rings is 1. The second kappa shape index (κ2) is 2.45. The zero-order valence-corrected chi connectivity index (χ0v) is 7.58. The van der Waals surface area contributed by atoms with Crippen molar-refractivity contribution in [1.82, 2.24) is 4.98 Å². The third-order valence-corrected chi connectivity index (χ3v) is 2.83. The van der Waals surface area contributed by atoms with Crippen LogP contribution in [0.4, 0.5) is 0 Å². The van der Waals surface area contributed by atoms with Gasteiger partial charge in [0.05, 0.1) is 6.04 Å². The number of rotatable bonds is 0. The summed E-state index contributed by atoms with van der Waals surface area (Å²) in [5.74, 6) is 0.0581. The summed E-state index contributed by atoms with van der Waals surface area (Å²) in [7, 11) is 0. The molecule has 14 heavy (non-hydrogen) atoms. The van der Waals surface area contributed by atoms with E-state index in [0.717, 1.165) is 22.0 Å². The number of hydrogen-bond donors (Lipinski definition) is 2. The Morgan fingerprint density at radius 3 is 3.14 bits per heavy atom. The summed E-state index contributed by atoms with van der Waals surface area (Å²) in [6, 6.07) is 5.34. The van der Waals surface area contributed by atoms with E-state index in [2.05, 4.69) is 4.98 Å². The van der Waals surface area contributed by atoms with Crippen LogP contribution in [0.5, 0.6) is 0 Å². The number of aromatic amines is 1. The molecule has 1 aromatic heterocycles. The molecule has 3 N–H and O–H groups in total. The second-order valence-corrected chi connectivity index (χ2v) is 3.72. The molecule has 0 fully saturated rings. The summed E-state index contributed by atoms with van der Waals surface area (Å²) in [6.07, 6.45) is 2.59. The van der Waals surface area contributed by atoms with Crippen molar-refractivity contribution in [2.24, 2.45) is 5.73 Å². The van der Waals surface area contributed by atoms with Crippen LogP contribution >= 0.6 is 0 Å². The van der Waals surface area contributed by atoms with Crippen molar-refractivity contribution in [3.05, 3.63) is 35.5 Å². The molecule has 0 spiro atoms. The first kappa shape index (κ1) is 7.76. The molecule has 1 atom stereocenters. The van der Waals surface area contributed by atoms with Gasteiger partial charge in [0.25, 0.3) is 0 Å². The molecule has 0 amide bonds. The number of aromatic nitrogens is 1. The third kappa shape index (κ3) is 0.822. The highest BCUT2D eigenvalue weighted by Gasteiger charge is 2.26. The molecular weight excluding hydrogens is 176 g/mol. The summed E-state index contributed by atoms with van der Waals surface area (Å²) >= 11 is 0. The molecule has 1 aliphatic carbocycles. The molecule has 0 radical (unpaired) electrons. The lowest BCUT2D eigenvalue weighted by molar-refractivity contribution is 0.0959. The van der Waals surface area contributed by atoms with Crippen LogP contribution in [0.2, 0.25) is 0 Å². The number of carbonyl (C=O) groups is 1. The highest BCUT2D eigenvalue weighted by molar-refractivity contribution is 6.13. The van der Waals surface area contributed by atoms with Crippen molar-refractivity contribution in [2.75, 3.05) is 0 Å². The fourth-order valence-electron chi connectivity index (χ4n) is 2.15. The number of carbonyl (C=O) groups excluding carboxylic acids is 1. The summed E-state index contributed by atoms with van der Waals surface area (Å²) in [4.78, 5) is 14.9. The fourth-order valence-corrected chi connectivity index (χ4v) is 2.15. The van der Waals surface area contributed by atoms with Gasteiger partial charge in [-0.3, -0.25) is 4.79 Å². The Kier molecular flexibility index (Phi) is 1.36. The Morgan fingerprint density at radius 2 is 2.29 bits per heavy atom. The van der Waals surface area contributed by atoms with Crippen LogP contribution in [0, 0.1) is 0 Å². The summed E-state index contributed by atoms with van der Waals surface area (Å²) in [5, 5.41) is 1.05. The zero-order valence-electron chi connectivity index (χ0n) is 7.58. The van der Waals surface area contributed by atoms with Gasteiger partial charge < -0.3 is 10.7 Å². The first-order chi connectivity index (χ1) is 6.77. The topological polar surface area (TPSA) is 58.9 Å². The van der Waals surface area contributed by atoms with E-state index < -0.39 is 0 Å². The molecule has 1 aromatic carbocycles. The second-order valence-electron chi connectivity index (χ2n) is 3.72. The fraction of sp³-hybridized carbons (Fsp3) is 0.182. The van der Waals surface area contributed by atoms with Gasteiger partial charge in [-0.05, 0) is 18.1 Å². The van der Waals surface area contributed by atoms with Crippen LogP contribution in [0.25, 0.3) is 10.9 Å². The van der Waals surface area contributed by atoms with Crippen molar-refractivity contribution < 1.29 is 4.79 Å². The Balaban J connectivity index is 2.44. The molecule has 0 aliphatic heterocycles. The minimum Gasteiger partial charge on any atom is -0.361 e. The first-order valence-corrected chi connectivity index (χ1v) is 4.66. The number of hydrogen-bond acceptors (Lipinski definition) is 2. The molecule has 70 valence electrons. The van der Waals surface area contributed by atoms with Crippen molar-refractivity contribution in [3.63, 3.8) is 0 Å². The zero-order chi connectivity index (χ0) is 9.71. The van der Waals surface area contributed by atoms with Gasteiger partial charge in [-0.25, -0.2) is 0 Å². The Hall–Kier alpha value is -1.61. The highest BCUT2D eigenvalue weighted by atomic mass is 16.1. The van der Waals surface area contributed by atoms with E-state index in [1.54, 1.807) is 0 Å². The van der Waals surface area contributed by atoms with Gasteiger partial charge in [0.1, 0.15) is 0 Å². The van der Waals surface area contributed by atoms with E-state index in [0.29, 0.717) is 6.42 Å². The lowest BCUT2D eigenvalue weighted by atomic mass is 9.89. The predicted octanol–water partition coefficient (Wildman–Crippen LogP) is 1.23. The van der Waals surface area contributed by atoms with E-state index in [-0.39, 0.29) is 11.8 Å². The van der Waals surface area contributed by atoms with Crippen LogP contribution in [-0.2, 0) is 6.42 Å². The van der Waals surface area contributed by atoms with E-state index in [4.69, 9.17) is 5.73 Å². The molecule has 1 aliphatic rings. The van der Waals surface area contributed by atoms with Crippen molar-refractivity contribution >= 4 is 16.7 Å². The number of nitrogens with two attached hydrogens (primary N) is 1. The molecule has 0 saturated carbocycles. The number of H-pyrrole nitrogens is 1. The molecule has 3 rings (SSSR count). The SMILES string of the molecule is NC1Cc2c[nH]c3cccc(c23)C1=O. The predicted molar refractivity (Wildman–Crippen MR) is 54.3 cm³/mol. The average molecular weight is 186 g/mol. The van der Waals surface area contributed by atoms with Gasteiger partial charge in [0.15, 0.2) is 5.78 Å². The average Bonchev–Trinajstić information content (AvgIpc) is 2.59. The smallest absolute Gasteiger partial charge is 0.180 e. The largest absolute Gasteiger partial charge is 0.361 e. The molecule has 0 bridgehead atoms. The van der Waals surface area contributed by atoms with Gasteiger partial charge in [0.2, 0.25) is 0 Å². The Bertz CT molecular complexity index is 527.